The zero-order valence-electron chi connectivity index (χ0n) is 8.80. The second-order valence-corrected chi connectivity index (χ2v) is 4.98. The van der Waals surface area contributed by atoms with Crippen molar-refractivity contribution in [3.05, 3.63) is 34.1 Å². The summed E-state index contributed by atoms with van der Waals surface area (Å²) in [4.78, 5) is 11.8. The van der Waals surface area contributed by atoms with E-state index in [4.69, 9.17) is 0 Å². The molecule has 1 aromatic carbocycles. The number of Topliss-reactive ketones (excluding diaryl/α,β-unsaturated/α-hetero) is 1. The van der Waals surface area contributed by atoms with E-state index in [1.165, 1.54) is 6.07 Å². The quantitative estimate of drug-likeness (QED) is 0.924. The van der Waals surface area contributed by atoms with E-state index in [-0.39, 0.29) is 23.9 Å². The van der Waals surface area contributed by atoms with Crippen molar-refractivity contribution in [3.8, 4) is 0 Å². The number of nitrogens with one attached hydrogen (secondary N) is 1. The minimum absolute atomic E-state index is 0.0584. The summed E-state index contributed by atoms with van der Waals surface area (Å²) >= 11 is 3.19. The Balaban J connectivity index is 2.05. The van der Waals surface area contributed by atoms with Gasteiger partial charge in [0.05, 0.1) is 0 Å². The van der Waals surface area contributed by atoms with Gasteiger partial charge in [-0.15, -0.1) is 0 Å². The molecule has 1 unspecified atom stereocenters. The van der Waals surface area contributed by atoms with Crippen LogP contribution in [-0.2, 0) is 11.2 Å². The zero-order valence-corrected chi connectivity index (χ0v) is 10.4. The average Bonchev–Trinajstić information content (AvgIpc) is 2.75. The fraction of sp³-hybridized carbons (Fsp3) is 0.417. The Morgan fingerprint density at radius 3 is 3.00 bits per heavy atom. The van der Waals surface area contributed by atoms with Crippen LogP contribution in [0.25, 0.3) is 0 Å². The monoisotopic (exact) mass is 285 g/mol. The molecule has 4 heteroatoms. The molecule has 1 atom stereocenters. The number of carbonyl (C=O) groups is 1. The maximum Gasteiger partial charge on any atom is 0.141 e. The summed E-state index contributed by atoms with van der Waals surface area (Å²) < 4.78 is 14.2. The van der Waals surface area contributed by atoms with Crippen LogP contribution in [0.3, 0.4) is 0 Å². The largest absolute Gasteiger partial charge is 0.316 e. The molecule has 16 heavy (non-hydrogen) atoms. The number of hydrogen-bond acceptors (Lipinski definition) is 2. The molecular weight excluding hydrogens is 273 g/mol. The smallest absolute Gasteiger partial charge is 0.141 e. The number of halogens is 2. The highest BCUT2D eigenvalue weighted by Crippen LogP contribution is 2.18. The van der Waals surface area contributed by atoms with Crippen LogP contribution in [0.15, 0.2) is 22.7 Å². The Kier molecular flexibility index (Phi) is 3.71. The minimum atomic E-state index is -0.311. The first-order chi connectivity index (χ1) is 7.66. The molecule has 86 valence electrons. The number of ketones is 1. The first-order valence-corrected chi connectivity index (χ1v) is 6.13. The summed E-state index contributed by atoms with van der Waals surface area (Å²) in [6.07, 6.45) is 1.07. The van der Waals surface area contributed by atoms with E-state index < -0.39 is 0 Å². The topological polar surface area (TPSA) is 29.1 Å². The van der Waals surface area contributed by atoms with Gasteiger partial charge in [-0.05, 0) is 30.7 Å². The lowest BCUT2D eigenvalue weighted by Crippen LogP contribution is -2.19. The number of carbonyl (C=O) groups excluding carboxylic acids is 1. The molecule has 1 heterocycles. The van der Waals surface area contributed by atoms with Crippen LogP contribution in [-0.4, -0.2) is 18.9 Å². The minimum Gasteiger partial charge on any atom is -0.316 e. The second kappa shape index (κ2) is 5.06. The third kappa shape index (κ3) is 2.68. The Morgan fingerprint density at radius 2 is 2.38 bits per heavy atom. The lowest BCUT2D eigenvalue weighted by atomic mass is 9.97. The number of hydrogen-bond donors (Lipinski definition) is 1. The first kappa shape index (κ1) is 11.7. The van der Waals surface area contributed by atoms with E-state index in [0.29, 0.717) is 10.0 Å². The summed E-state index contributed by atoms with van der Waals surface area (Å²) in [5.74, 6) is -0.122. The molecule has 0 aromatic heterocycles. The van der Waals surface area contributed by atoms with Crippen molar-refractivity contribution >= 4 is 21.7 Å². The molecule has 1 aromatic rings. The summed E-state index contributed by atoms with van der Waals surface area (Å²) in [5.41, 5.74) is 0.486. The SMILES string of the molecule is O=C(Cc1ccc(Br)cc1F)C1CCNC1. The Morgan fingerprint density at radius 1 is 1.56 bits per heavy atom. The highest BCUT2D eigenvalue weighted by molar-refractivity contribution is 9.10. The van der Waals surface area contributed by atoms with Crippen molar-refractivity contribution in [3.63, 3.8) is 0 Å². The van der Waals surface area contributed by atoms with Crippen LogP contribution < -0.4 is 5.32 Å². The predicted molar refractivity (Wildman–Crippen MR) is 63.8 cm³/mol. The van der Waals surface area contributed by atoms with Crippen molar-refractivity contribution in [2.75, 3.05) is 13.1 Å². The third-order valence-electron chi connectivity index (χ3n) is 2.90. The van der Waals surface area contributed by atoms with Gasteiger partial charge < -0.3 is 5.32 Å². The van der Waals surface area contributed by atoms with Crippen molar-refractivity contribution in [2.24, 2.45) is 5.92 Å². The maximum atomic E-state index is 13.5. The average molecular weight is 286 g/mol. The lowest BCUT2D eigenvalue weighted by molar-refractivity contribution is -0.121. The Hall–Kier alpha value is -0.740. The van der Waals surface area contributed by atoms with Crippen LogP contribution >= 0.6 is 15.9 Å². The van der Waals surface area contributed by atoms with Gasteiger partial charge in [0.15, 0.2) is 0 Å². The van der Waals surface area contributed by atoms with Crippen LogP contribution in [0.4, 0.5) is 4.39 Å². The van der Waals surface area contributed by atoms with Crippen molar-refractivity contribution in [2.45, 2.75) is 12.8 Å². The molecular formula is C12H13BrFNO. The molecule has 1 aliphatic rings. The zero-order chi connectivity index (χ0) is 11.5. The van der Waals surface area contributed by atoms with Crippen molar-refractivity contribution < 1.29 is 9.18 Å². The van der Waals surface area contributed by atoms with E-state index in [1.807, 2.05) is 0 Å². The van der Waals surface area contributed by atoms with Gasteiger partial charge in [0.2, 0.25) is 0 Å². The first-order valence-electron chi connectivity index (χ1n) is 5.34. The molecule has 2 rings (SSSR count). The van der Waals surface area contributed by atoms with Crippen LogP contribution in [0.1, 0.15) is 12.0 Å². The van der Waals surface area contributed by atoms with Gasteiger partial charge in [-0.2, -0.15) is 0 Å². The third-order valence-corrected chi connectivity index (χ3v) is 3.39. The molecule has 1 fully saturated rings. The molecule has 1 aliphatic heterocycles. The maximum absolute atomic E-state index is 13.5. The van der Waals surface area contributed by atoms with Gasteiger partial charge in [-0.25, -0.2) is 4.39 Å². The van der Waals surface area contributed by atoms with Gasteiger partial charge in [0.1, 0.15) is 11.6 Å². The summed E-state index contributed by atoms with van der Waals surface area (Å²) in [6.45, 7) is 1.62. The molecule has 2 nitrogen and oxygen atoms in total. The second-order valence-electron chi connectivity index (χ2n) is 4.07. The Labute approximate surface area is 102 Å². The van der Waals surface area contributed by atoms with E-state index in [1.54, 1.807) is 12.1 Å². The van der Waals surface area contributed by atoms with Gasteiger partial charge >= 0.3 is 0 Å². The fourth-order valence-electron chi connectivity index (χ4n) is 1.93. The molecule has 0 bridgehead atoms. The van der Waals surface area contributed by atoms with Crippen molar-refractivity contribution in [1.29, 1.82) is 0 Å². The van der Waals surface area contributed by atoms with Crippen LogP contribution in [0, 0.1) is 11.7 Å². The number of rotatable bonds is 3. The Bertz CT molecular complexity index is 402. The molecule has 0 amide bonds. The van der Waals surface area contributed by atoms with Crippen LogP contribution in [0.2, 0.25) is 0 Å². The summed E-state index contributed by atoms with van der Waals surface area (Å²) in [7, 11) is 0. The normalized spacial score (nSPS) is 20.0. The summed E-state index contributed by atoms with van der Waals surface area (Å²) in [5, 5.41) is 3.14. The molecule has 0 spiro atoms. The summed E-state index contributed by atoms with van der Waals surface area (Å²) in [6, 6.07) is 4.83. The molecule has 0 aliphatic carbocycles. The molecule has 1 N–H and O–H groups in total. The van der Waals surface area contributed by atoms with Crippen LogP contribution in [0.5, 0.6) is 0 Å². The van der Waals surface area contributed by atoms with E-state index in [0.717, 1.165) is 19.5 Å². The highest BCUT2D eigenvalue weighted by atomic mass is 79.9. The lowest BCUT2D eigenvalue weighted by Gasteiger charge is -2.08. The predicted octanol–water partition coefficient (Wildman–Crippen LogP) is 2.31. The number of benzene rings is 1. The fourth-order valence-corrected chi connectivity index (χ4v) is 2.26. The van der Waals surface area contributed by atoms with Gasteiger partial charge in [0, 0.05) is 23.4 Å². The van der Waals surface area contributed by atoms with E-state index in [2.05, 4.69) is 21.2 Å². The van der Waals surface area contributed by atoms with Gasteiger partial charge in [-0.3, -0.25) is 4.79 Å². The van der Waals surface area contributed by atoms with Gasteiger partial charge in [-0.1, -0.05) is 22.0 Å². The molecule has 0 saturated carbocycles. The van der Waals surface area contributed by atoms with E-state index in [9.17, 15) is 9.18 Å². The van der Waals surface area contributed by atoms with Gasteiger partial charge in [0.25, 0.3) is 0 Å². The highest BCUT2D eigenvalue weighted by Gasteiger charge is 2.22. The van der Waals surface area contributed by atoms with E-state index >= 15 is 0 Å². The molecule has 0 radical (unpaired) electrons. The standard InChI is InChI=1S/C12H13BrFNO/c13-10-2-1-8(11(14)6-10)5-12(16)9-3-4-15-7-9/h1-2,6,9,15H,3-5,7H2. The van der Waals surface area contributed by atoms with Crippen molar-refractivity contribution in [1.82, 2.24) is 5.32 Å². The molecule has 1 saturated heterocycles.